The van der Waals surface area contributed by atoms with Gasteiger partial charge in [-0.15, -0.1) is 0 Å². The molecule has 25 heavy (non-hydrogen) atoms. The van der Waals surface area contributed by atoms with Crippen molar-refractivity contribution in [3.63, 3.8) is 0 Å². The second-order valence-electron chi connectivity index (χ2n) is 6.33. The lowest BCUT2D eigenvalue weighted by molar-refractivity contribution is 1.15. The van der Waals surface area contributed by atoms with Crippen LogP contribution in [0, 0.1) is 0 Å². The fourth-order valence-electron chi connectivity index (χ4n) is 3.72. The van der Waals surface area contributed by atoms with E-state index in [2.05, 4.69) is 22.6 Å². The molecule has 3 nitrogen and oxygen atoms in total. The topological polar surface area (TPSA) is 24.7 Å². The number of pyridine rings is 1. The summed E-state index contributed by atoms with van der Waals surface area (Å²) in [6, 6.07) is 24.2. The molecule has 0 amide bonds. The number of fused-ring (bicyclic) bond motifs is 3. The van der Waals surface area contributed by atoms with Crippen LogP contribution in [0.15, 0.2) is 83.8 Å². The molecule has 0 unspecified atom stereocenters. The van der Waals surface area contributed by atoms with Crippen LogP contribution >= 0.6 is 0 Å². The molecule has 0 aliphatic carbocycles. The Kier molecular flexibility index (Phi) is 2.86. The monoisotopic (exact) mass is 324 g/mol. The SMILES string of the molecule is CN(c1ccccc1)c1cn2c3ccccc3c3cccc(c1=O)c32. The van der Waals surface area contributed by atoms with Crippen molar-refractivity contribution in [2.45, 2.75) is 0 Å². The number of nitrogens with zero attached hydrogens (tertiary/aromatic N) is 2. The third-order valence-corrected chi connectivity index (χ3v) is 4.96. The van der Waals surface area contributed by atoms with E-state index in [1.807, 2.05) is 72.7 Å². The van der Waals surface area contributed by atoms with Crippen molar-refractivity contribution in [3.8, 4) is 0 Å². The molecule has 120 valence electrons. The molecule has 0 fully saturated rings. The van der Waals surface area contributed by atoms with Crippen LogP contribution in [0.5, 0.6) is 0 Å². The second-order valence-corrected chi connectivity index (χ2v) is 6.33. The summed E-state index contributed by atoms with van der Waals surface area (Å²) in [5.74, 6) is 0. The first-order chi connectivity index (χ1) is 12.3. The molecular weight excluding hydrogens is 308 g/mol. The van der Waals surface area contributed by atoms with E-state index in [0.717, 1.165) is 27.5 Å². The fraction of sp³-hybridized carbons (Fsp3) is 0.0455. The van der Waals surface area contributed by atoms with Crippen molar-refractivity contribution in [1.29, 1.82) is 0 Å². The summed E-state index contributed by atoms with van der Waals surface area (Å²) >= 11 is 0. The van der Waals surface area contributed by atoms with Crippen LogP contribution in [0.2, 0.25) is 0 Å². The highest BCUT2D eigenvalue weighted by molar-refractivity contribution is 6.14. The molecule has 3 heteroatoms. The average molecular weight is 324 g/mol. The lowest BCUT2D eigenvalue weighted by Crippen LogP contribution is -2.19. The predicted molar refractivity (Wildman–Crippen MR) is 104 cm³/mol. The molecule has 2 aromatic heterocycles. The van der Waals surface area contributed by atoms with E-state index in [4.69, 9.17) is 0 Å². The Labute approximate surface area is 144 Å². The Morgan fingerprint density at radius 2 is 1.44 bits per heavy atom. The van der Waals surface area contributed by atoms with Crippen molar-refractivity contribution in [3.05, 3.63) is 89.2 Å². The second kappa shape index (κ2) is 5.08. The minimum atomic E-state index is 0.0623. The molecule has 5 aromatic rings. The maximum absolute atomic E-state index is 13.2. The summed E-state index contributed by atoms with van der Waals surface area (Å²) in [4.78, 5) is 15.1. The molecule has 5 rings (SSSR count). The van der Waals surface area contributed by atoms with Gasteiger partial charge in [-0.3, -0.25) is 4.79 Å². The summed E-state index contributed by atoms with van der Waals surface area (Å²) < 4.78 is 2.15. The smallest absolute Gasteiger partial charge is 0.213 e. The van der Waals surface area contributed by atoms with E-state index in [9.17, 15) is 4.79 Å². The highest BCUT2D eigenvalue weighted by Gasteiger charge is 2.17. The molecule has 2 heterocycles. The van der Waals surface area contributed by atoms with Gasteiger partial charge in [0.15, 0.2) is 0 Å². The third-order valence-electron chi connectivity index (χ3n) is 4.96. The highest BCUT2D eigenvalue weighted by Crippen LogP contribution is 2.32. The standard InChI is InChI=1S/C22H16N2O/c1-23(15-8-3-2-4-9-15)20-14-24-19-13-6-5-10-16(19)17-11-7-12-18(21(17)24)22(20)25/h2-14H,1H3. The first-order valence-electron chi connectivity index (χ1n) is 8.32. The van der Waals surface area contributed by atoms with Crippen LogP contribution in [-0.4, -0.2) is 11.4 Å². The molecule has 0 N–H and O–H groups in total. The van der Waals surface area contributed by atoms with Gasteiger partial charge in [-0.1, -0.05) is 48.5 Å². The number of hydrogen-bond acceptors (Lipinski definition) is 2. The van der Waals surface area contributed by atoms with Gasteiger partial charge in [-0.2, -0.15) is 0 Å². The van der Waals surface area contributed by atoms with E-state index in [-0.39, 0.29) is 5.43 Å². The van der Waals surface area contributed by atoms with Crippen molar-refractivity contribution >= 4 is 38.6 Å². The number of benzene rings is 3. The zero-order valence-electron chi connectivity index (χ0n) is 13.8. The van der Waals surface area contributed by atoms with E-state index in [1.54, 1.807) is 0 Å². The summed E-state index contributed by atoms with van der Waals surface area (Å²) in [6.45, 7) is 0. The molecule has 0 radical (unpaired) electrons. The molecule has 0 atom stereocenters. The minimum absolute atomic E-state index is 0.0623. The molecule has 0 bridgehead atoms. The summed E-state index contributed by atoms with van der Waals surface area (Å²) in [5, 5.41) is 3.06. The van der Waals surface area contributed by atoms with Crippen molar-refractivity contribution in [1.82, 2.24) is 4.40 Å². The summed E-state index contributed by atoms with van der Waals surface area (Å²) in [5.41, 5.74) is 3.85. The van der Waals surface area contributed by atoms with Gasteiger partial charge in [-0.05, 0) is 24.3 Å². The van der Waals surface area contributed by atoms with Gasteiger partial charge in [0, 0.05) is 35.1 Å². The maximum atomic E-state index is 13.2. The minimum Gasteiger partial charge on any atom is -0.340 e. The normalized spacial score (nSPS) is 11.6. The predicted octanol–water partition coefficient (Wildman–Crippen LogP) is 4.81. The Hall–Kier alpha value is -3.33. The largest absolute Gasteiger partial charge is 0.340 e. The van der Waals surface area contributed by atoms with Crippen molar-refractivity contribution in [2.75, 3.05) is 11.9 Å². The van der Waals surface area contributed by atoms with Gasteiger partial charge >= 0.3 is 0 Å². The van der Waals surface area contributed by atoms with Crippen LogP contribution in [0.3, 0.4) is 0 Å². The zero-order valence-corrected chi connectivity index (χ0v) is 13.8. The Morgan fingerprint density at radius 3 is 2.28 bits per heavy atom. The maximum Gasteiger partial charge on any atom is 0.213 e. The van der Waals surface area contributed by atoms with Gasteiger partial charge in [-0.25, -0.2) is 0 Å². The molecular formula is C22H16N2O. The van der Waals surface area contributed by atoms with Gasteiger partial charge in [0.25, 0.3) is 0 Å². The van der Waals surface area contributed by atoms with Crippen LogP contribution in [-0.2, 0) is 0 Å². The van der Waals surface area contributed by atoms with Crippen molar-refractivity contribution in [2.24, 2.45) is 0 Å². The van der Waals surface area contributed by atoms with Crippen LogP contribution in [0.1, 0.15) is 0 Å². The number of aromatic nitrogens is 1. The average Bonchev–Trinajstić information content (AvgIpc) is 3.00. The molecule has 0 aliphatic rings. The third kappa shape index (κ3) is 1.89. The molecule has 0 saturated carbocycles. The van der Waals surface area contributed by atoms with Gasteiger partial charge < -0.3 is 9.30 Å². The molecule has 0 aliphatic heterocycles. The number of anilines is 2. The number of para-hydroxylation sites is 3. The first-order valence-corrected chi connectivity index (χ1v) is 8.32. The van der Waals surface area contributed by atoms with Gasteiger partial charge in [0.2, 0.25) is 5.43 Å². The highest BCUT2D eigenvalue weighted by atomic mass is 16.1. The van der Waals surface area contributed by atoms with E-state index >= 15 is 0 Å². The number of rotatable bonds is 2. The van der Waals surface area contributed by atoms with E-state index < -0.39 is 0 Å². The lowest BCUT2D eigenvalue weighted by Gasteiger charge is -2.19. The van der Waals surface area contributed by atoms with E-state index in [1.165, 1.54) is 5.39 Å². The molecule has 0 saturated heterocycles. The molecule has 3 aromatic carbocycles. The Bertz CT molecular complexity index is 1270. The van der Waals surface area contributed by atoms with Crippen LogP contribution < -0.4 is 10.3 Å². The lowest BCUT2D eigenvalue weighted by atomic mass is 10.1. The zero-order chi connectivity index (χ0) is 17.0. The fourth-order valence-corrected chi connectivity index (χ4v) is 3.72. The summed E-state index contributed by atoms with van der Waals surface area (Å²) in [7, 11) is 1.94. The summed E-state index contributed by atoms with van der Waals surface area (Å²) in [6.07, 6.45) is 1.97. The Morgan fingerprint density at radius 1 is 0.760 bits per heavy atom. The van der Waals surface area contributed by atoms with Gasteiger partial charge in [0.1, 0.15) is 5.69 Å². The number of hydrogen-bond donors (Lipinski definition) is 0. The van der Waals surface area contributed by atoms with Crippen molar-refractivity contribution < 1.29 is 0 Å². The van der Waals surface area contributed by atoms with Crippen LogP contribution in [0.4, 0.5) is 11.4 Å². The van der Waals surface area contributed by atoms with Crippen LogP contribution in [0.25, 0.3) is 27.2 Å². The Balaban J connectivity index is 1.92. The first kappa shape index (κ1) is 14.1. The quantitative estimate of drug-likeness (QED) is 0.465. The molecule has 0 spiro atoms. The van der Waals surface area contributed by atoms with E-state index in [0.29, 0.717) is 5.69 Å². The van der Waals surface area contributed by atoms with Gasteiger partial charge in [0.05, 0.1) is 11.0 Å².